The number of hydrogen-bond donors (Lipinski definition) is 0. The number of piperidine rings is 1. The van der Waals surface area contributed by atoms with E-state index in [1.54, 1.807) is 11.0 Å². The first-order chi connectivity index (χ1) is 10.2. The molecule has 0 aromatic heterocycles. The highest BCUT2D eigenvalue weighted by molar-refractivity contribution is 6.34. The van der Waals surface area contributed by atoms with Crippen molar-refractivity contribution in [1.29, 1.82) is 0 Å². The second kappa shape index (κ2) is 6.30. The second-order valence-electron chi connectivity index (χ2n) is 5.34. The van der Waals surface area contributed by atoms with Gasteiger partial charge in [-0.3, -0.25) is 4.79 Å². The summed E-state index contributed by atoms with van der Waals surface area (Å²) in [5, 5.41) is -0.105. The van der Waals surface area contributed by atoms with Gasteiger partial charge in [-0.25, -0.2) is 4.39 Å². The van der Waals surface area contributed by atoms with Gasteiger partial charge in [0.25, 0.3) is 5.91 Å². The van der Waals surface area contributed by atoms with Gasteiger partial charge in [0.05, 0.1) is 23.8 Å². The first-order valence-corrected chi connectivity index (χ1v) is 7.51. The Morgan fingerprint density at radius 3 is 2.57 bits per heavy atom. The Morgan fingerprint density at radius 2 is 1.90 bits per heavy atom. The van der Waals surface area contributed by atoms with Crippen LogP contribution in [0.15, 0.2) is 18.2 Å². The zero-order valence-electron chi connectivity index (χ0n) is 11.6. The molecule has 2 fully saturated rings. The first kappa shape index (κ1) is 14.8. The van der Waals surface area contributed by atoms with Gasteiger partial charge in [-0.1, -0.05) is 17.7 Å². The molecule has 0 unspecified atom stereocenters. The van der Waals surface area contributed by atoms with Gasteiger partial charge in [0.15, 0.2) is 6.29 Å². The van der Waals surface area contributed by atoms with E-state index in [1.807, 2.05) is 0 Å². The van der Waals surface area contributed by atoms with Crippen LogP contribution in [0.3, 0.4) is 0 Å². The van der Waals surface area contributed by atoms with Crippen molar-refractivity contribution in [2.24, 2.45) is 5.92 Å². The summed E-state index contributed by atoms with van der Waals surface area (Å²) in [4.78, 5) is 14.1. The SMILES string of the molecule is O=C(c1cccc(F)c1Cl)N1CCC(C2OCCO2)CC1. The van der Waals surface area contributed by atoms with Crippen LogP contribution in [0.1, 0.15) is 23.2 Å². The lowest BCUT2D eigenvalue weighted by Crippen LogP contribution is -2.41. The fourth-order valence-corrected chi connectivity index (χ4v) is 3.07. The molecule has 2 aliphatic rings. The monoisotopic (exact) mass is 313 g/mol. The Labute approximate surface area is 127 Å². The van der Waals surface area contributed by atoms with Gasteiger partial charge in [-0.2, -0.15) is 0 Å². The van der Waals surface area contributed by atoms with Crippen molar-refractivity contribution in [3.8, 4) is 0 Å². The van der Waals surface area contributed by atoms with Crippen molar-refractivity contribution in [2.45, 2.75) is 19.1 Å². The molecule has 0 radical (unpaired) electrons. The zero-order chi connectivity index (χ0) is 14.8. The van der Waals surface area contributed by atoms with E-state index in [-0.39, 0.29) is 22.8 Å². The molecule has 6 heteroatoms. The molecule has 2 heterocycles. The molecular weight excluding hydrogens is 297 g/mol. The maximum Gasteiger partial charge on any atom is 0.255 e. The number of carbonyl (C=O) groups is 1. The quantitative estimate of drug-likeness (QED) is 0.842. The van der Waals surface area contributed by atoms with Crippen LogP contribution in [-0.4, -0.2) is 43.4 Å². The molecule has 0 spiro atoms. The molecule has 4 nitrogen and oxygen atoms in total. The fraction of sp³-hybridized carbons (Fsp3) is 0.533. The van der Waals surface area contributed by atoms with Crippen LogP contribution in [0, 0.1) is 11.7 Å². The van der Waals surface area contributed by atoms with Gasteiger partial charge in [-0.15, -0.1) is 0 Å². The predicted molar refractivity (Wildman–Crippen MR) is 75.7 cm³/mol. The molecule has 0 saturated carbocycles. The van der Waals surface area contributed by atoms with E-state index in [0.717, 1.165) is 12.8 Å². The average molecular weight is 314 g/mol. The van der Waals surface area contributed by atoms with Crippen molar-refractivity contribution in [2.75, 3.05) is 26.3 Å². The number of carbonyl (C=O) groups excluding carboxylic acids is 1. The van der Waals surface area contributed by atoms with E-state index in [2.05, 4.69) is 0 Å². The van der Waals surface area contributed by atoms with Gasteiger partial charge in [0.2, 0.25) is 0 Å². The summed E-state index contributed by atoms with van der Waals surface area (Å²) in [6.45, 7) is 2.50. The molecule has 1 amide bonds. The van der Waals surface area contributed by atoms with E-state index >= 15 is 0 Å². The highest BCUT2D eigenvalue weighted by Crippen LogP contribution is 2.28. The third-order valence-electron chi connectivity index (χ3n) is 4.04. The molecule has 0 N–H and O–H groups in total. The minimum Gasteiger partial charge on any atom is -0.350 e. The Hall–Kier alpha value is -1.17. The van der Waals surface area contributed by atoms with Gasteiger partial charge >= 0.3 is 0 Å². The molecule has 1 aromatic carbocycles. The highest BCUT2D eigenvalue weighted by atomic mass is 35.5. The topological polar surface area (TPSA) is 38.8 Å². The van der Waals surface area contributed by atoms with Crippen LogP contribution in [0.25, 0.3) is 0 Å². The molecule has 2 saturated heterocycles. The molecule has 2 aliphatic heterocycles. The number of likely N-dealkylation sites (tertiary alicyclic amines) is 1. The van der Waals surface area contributed by atoms with Crippen LogP contribution in [0.5, 0.6) is 0 Å². The number of halogens is 2. The van der Waals surface area contributed by atoms with Crippen LogP contribution in [0.2, 0.25) is 5.02 Å². The van der Waals surface area contributed by atoms with E-state index in [1.165, 1.54) is 12.1 Å². The average Bonchev–Trinajstić information content (AvgIpc) is 3.04. The number of amides is 1. The van der Waals surface area contributed by atoms with Crippen LogP contribution < -0.4 is 0 Å². The lowest BCUT2D eigenvalue weighted by Gasteiger charge is -2.34. The van der Waals surface area contributed by atoms with E-state index < -0.39 is 5.82 Å². The number of ether oxygens (including phenoxy) is 2. The van der Waals surface area contributed by atoms with Gasteiger partial charge < -0.3 is 14.4 Å². The summed E-state index contributed by atoms with van der Waals surface area (Å²) >= 11 is 5.88. The number of hydrogen-bond acceptors (Lipinski definition) is 3. The highest BCUT2D eigenvalue weighted by Gasteiger charge is 2.32. The lowest BCUT2D eigenvalue weighted by molar-refractivity contribution is -0.0956. The predicted octanol–water partition coefficient (Wildman–Crippen LogP) is 2.70. The van der Waals surface area contributed by atoms with Crippen molar-refractivity contribution < 1.29 is 18.7 Å². The summed E-state index contributed by atoms with van der Waals surface area (Å²) in [5.41, 5.74) is 0.225. The normalized spacial score (nSPS) is 21.0. The fourth-order valence-electron chi connectivity index (χ4n) is 2.86. The maximum absolute atomic E-state index is 13.4. The Balaban J connectivity index is 1.63. The van der Waals surface area contributed by atoms with E-state index in [4.69, 9.17) is 21.1 Å². The Kier molecular flexibility index (Phi) is 4.42. The Morgan fingerprint density at radius 1 is 1.24 bits per heavy atom. The van der Waals surface area contributed by atoms with Gasteiger partial charge in [0, 0.05) is 19.0 Å². The molecule has 114 valence electrons. The van der Waals surface area contributed by atoms with Crippen LogP contribution in [-0.2, 0) is 9.47 Å². The molecule has 0 atom stereocenters. The van der Waals surface area contributed by atoms with Crippen molar-refractivity contribution in [3.05, 3.63) is 34.6 Å². The number of nitrogens with zero attached hydrogens (tertiary/aromatic N) is 1. The summed E-state index contributed by atoms with van der Waals surface area (Å²) in [6.07, 6.45) is 1.51. The van der Waals surface area contributed by atoms with Gasteiger partial charge in [-0.05, 0) is 25.0 Å². The molecule has 3 rings (SSSR count). The third kappa shape index (κ3) is 3.05. The standard InChI is InChI=1S/C15H17ClFNO3/c16-13-11(2-1-3-12(13)17)14(19)18-6-4-10(5-7-18)15-20-8-9-21-15/h1-3,10,15H,4-9H2. The maximum atomic E-state index is 13.4. The summed E-state index contributed by atoms with van der Waals surface area (Å²) in [7, 11) is 0. The molecule has 0 aliphatic carbocycles. The van der Waals surface area contributed by atoms with Crippen LogP contribution in [0.4, 0.5) is 4.39 Å². The molecule has 1 aromatic rings. The second-order valence-corrected chi connectivity index (χ2v) is 5.72. The van der Waals surface area contributed by atoms with E-state index in [9.17, 15) is 9.18 Å². The summed E-state index contributed by atoms with van der Waals surface area (Å²) in [6, 6.07) is 4.31. The molecule has 21 heavy (non-hydrogen) atoms. The lowest BCUT2D eigenvalue weighted by atomic mass is 9.95. The molecule has 0 bridgehead atoms. The minimum absolute atomic E-state index is 0.105. The summed E-state index contributed by atoms with van der Waals surface area (Å²) < 4.78 is 24.5. The van der Waals surface area contributed by atoms with E-state index in [0.29, 0.717) is 32.2 Å². The Bertz CT molecular complexity index is 526. The van der Waals surface area contributed by atoms with Crippen LogP contribution >= 0.6 is 11.6 Å². The third-order valence-corrected chi connectivity index (χ3v) is 4.43. The van der Waals surface area contributed by atoms with Crippen molar-refractivity contribution >= 4 is 17.5 Å². The minimum atomic E-state index is -0.565. The molecular formula is C15H17ClFNO3. The smallest absolute Gasteiger partial charge is 0.255 e. The van der Waals surface area contributed by atoms with Crippen molar-refractivity contribution in [3.63, 3.8) is 0 Å². The number of rotatable bonds is 2. The van der Waals surface area contributed by atoms with Gasteiger partial charge in [0.1, 0.15) is 5.82 Å². The zero-order valence-corrected chi connectivity index (χ0v) is 12.3. The number of benzene rings is 1. The van der Waals surface area contributed by atoms with Crippen molar-refractivity contribution in [1.82, 2.24) is 4.90 Å². The summed E-state index contributed by atoms with van der Waals surface area (Å²) in [5.74, 6) is -0.462. The largest absolute Gasteiger partial charge is 0.350 e. The first-order valence-electron chi connectivity index (χ1n) is 7.13.